The summed E-state index contributed by atoms with van der Waals surface area (Å²) in [5.74, 6) is -0.787. The molecule has 1 aromatic carbocycles. The van der Waals surface area contributed by atoms with E-state index in [1.807, 2.05) is 13.8 Å². The number of aromatic nitrogens is 2. The lowest BCUT2D eigenvalue weighted by molar-refractivity contribution is -0.385. The number of carbonyl (C=O) groups excluding carboxylic acids is 1. The van der Waals surface area contributed by atoms with Crippen LogP contribution in [0.3, 0.4) is 0 Å². The summed E-state index contributed by atoms with van der Waals surface area (Å²) in [7, 11) is 0. The number of nitrogen functional groups attached to an aromatic ring is 1. The maximum Gasteiger partial charge on any atom is 0.330 e. The van der Waals surface area contributed by atoms with Gasteiger partial charge in [0.05, 0.1) is 4.92 Å². The van der Waals surface area contributed by atoms with Crippen molar-refractivity contribution in [3.05, 3.63) is 55.2 Å². The molecule has 0 saturated heterocycles. The van der Waals surface area contributed by atoms with Crippen LogP contribution in [0.2, 0.25) is 0 Å². The van der Waals surface area contributed by atoms with E-state index in [0.29, 0.717) is 12.8 Å². The molecule has 1 amide bonds. The minimum atomic E-state index is -0.778. The fourth-order valence-corrected chi connectivity index (χ4v) is 2.91. The van der Waals surface area contributed by atoms with Crippen LogP contribution in [0.1, 0.15) is 33.1 Å². The summed E-state index contributed by atoms with van der Waals surface area (Å²) < 4.78 is 6.57. The molecule has 2 rings (SSSR count). The Bertz CT molecular complexity index is 1030. The smallest absolute Gasteiger partial charge is 0.330 e. The quantitative estimate of drug-likeness (QED) is 0.438. The van der Waals surface area contributed by atoms with Gasteiger partial charge >= 0.3 is 11.4 Å². The van der Waals surface area contributed by atoms with Gasteiger partial charge in [0.2, 0.25) is 0 Å². The fraction of sp³-hybridized carbons (Fsp3) is 0.421. The third-order valence-electron chi connectivity index (χ3n) is 4.38. The number of para-hydroxylation sites is 2. The summed E-state index contributed by atoms with van der Waals surface area (Å²) in [4.78, 5) is 51.3. The number of benzene rings is 1. The summed E-state index contributed by atoms with van der Waals surface area (Å²) in [5.41, 5.74) is 4.23. The average Bonchev–Trinajstić information content (AvgIpc) is 2.71. The molecule has 3 N–H and O–H groups in total. The lowest BCUT2D eigenvalue weighted by Gasteiger charge is -2.24. The summed E-state index contributed by atoms with van der Waals surface area (Å²) in [6, 6.07) is 5.67. The fourth-order valence-electron chi connectivity index (χ4n) is 2.91. The van der Waals surface area contributed by atoms with E-state index in [1.165, 1.54) is 22.8 Å². The number of ether oxygens (including phenoxy) is 1. The molecule has 0 aliphatic rings. The molecule has 0 aliphatic carbocycles. The Morgan fingerprint density at radius 2 is 1.97 bits per heavy atom. The molecule has 1 heterocycles. The van der Waals surface area contributed by atoms with Crippen molar-refractivity contribution in [2.24, 2.45) is 0 Å². The van der Waals surface area contributed by atoms with Crippen LogP contribution in [0, 0.1) is 10.1 Å². The summed E-state index contributed by atoms with van der Waals surface area (Å²) in [6.07, 6.45) is 1.91. The van der Waals surface area contributed by atoms with Crippen LogP contribution in [0.4, 0.5) is 17.2 Å². The van der Waals surface area contributed by atoms with Crippen molar-refractivity contribution in [1.29, 1.82) is 0 Å². The number of nitro groups is 1. The second kappa shape index (κ2) is 10.2. The van der Waals surface area contributed by atoms with E-state index in [2.05, 4.69) is 4.98 Å². The molecular weight excluding hydrogens is 394 g/mol. The van der Waals surface area contributed by atoms with Gasteiger partial charge in [-0.25, -0.2) is 4.79 Å². The number of nitrogens with zero attached hydrogens (tertiary/aromatic N) is 3. The van der Waals surface area contributed by atoms with Gasteiger partial charge < -0.3 is 15.4 Å². The third kappa shape index (κ3) is 5.04. The number of nitrogens with two attached hydrogens (primary N) is 1. The number of rotatable bonds is 10. The van der Waals surface area contributed by atoms with Crippen molar-refractivity contribution in [2.75, 3.05) is 23.8 Å². The number of amides is 1. The zero-order valence-corrected chi connectivity index (χ0v) is 16.9. The van der Waals surface area contributed by atoms with Gasteiger partial charge in [0.1, 0.15) is 5.82 Å². The van der Waals surface area contributed by atoms with Gasteiger partial charge in [-0.2, -0.15) is 0 Å². The number of hydrogen-bond donors (Lipinski definition) is 2. The van der Waals surface area contributed by atoms with Gasteiger partial charge in [-0.3, -0.25) is 29.3 Å². The van der Waals surface area contributed by atoms with Gasteiger partial charge in [-0.15, -0.1) is 0 Å². The molecule has 0 saturated carbocycles. The first-order chi connectivity index (χ1) is 14.3. The van der Waals surface area contributed by atoms with Crippen molar-refractivity contribution >= 4 is 23.1 Å². The van der Waals surface area contributed by atoms with Gasteiger partial charge in [-0.05, 0) is 18.9 Å². The van der Waals surface area contributed by atoms with E-state index < -0.39 is 28.7 Å². The highest BCUT2D eigenvalue weighted by Crippen LogP contribution is 2.26. The number of nitro benzene ring substituents is 1. The van der Waals surface area contributed by atoms with Crippen molar-refractivity contribution < 1.29 is 14.5 Å². The molecule has 0 unspecified atom stereocenters. The van der Waals surface area contributed by atoms with Gasteiger partial charge in [-0.1, -0.05) is 32.4 Å². The second-order valence-electron chi connectivity index (χ2n) is 6.56. The number of anilines is 2. The Balaban J connectivity index is 2.38. The van der Waals surface area contributed by atoms with Crippen LogP contribution >= 0.6 is 0 Å². The minimum absolute atomic E-state index is 0.0656. The molecule has 162 valence electrons. The number of carbonyl (C=O) groups is 1. The number of aromatic amines is 1. The van der Waals surface area contributed by atoms with Gasteiger partial charge in [0.15, 0.2) is 18.0 Å². The van der Waals surface area contributed by atoms with Crippen LogP contribution in [0.5, 0.6) is 5.75 Å². The molecule has 1 aromatic heterocycles. The van der Waals surface area contributed by atoms with Crippen LogP contribution in [0.15, 0.2) is 33.9 Å². The lowest BCUT2D eigenvalue weighted by atomic mass is 10.2. The molecule has 0 spiro atoms. The predicted molar refractivity (Wildman–Crippen MR) is 112 cm³/mol. The maximum atomic E-state index is 12.9. The molecule has 0 bridgehead atoms. The Morgan fingerprint density at radius 3 is 2.60 bits per heavy atom. The Labute approximate surface area is 172 Å². The first-order valence-corrected chi connectivity index (χ1v) is 9.60. The van der Waals surface area contributed by atoms with Crippen LogP contribution in [-0.4, -0.2) is 33.5 Å². The van der Waals surface area contributed by atoms with Crippen LogP contribution < -0.4 is 26.6 Å². The van der Waals surface area contributed by atoms with E-state index >= 15 is 0 Å². The zero-order valence-electron chi connectivity index (χ0n) is 16.9. The third-order valence-corrected chi connectivity index (χ3v) is 4.38. The summed E-state index contributed by atoms with van der Waals surface area (Å²) >= 11 is 0. The summed E-state index contributed by atoms with van der Waals surface area (Å²) in [6.45, 7) is 3.67. The van der Waals surface area contributed by atoms with E-state index in [4.69, 9.17) is 10.5 Å². The minimum Gasteiger partial charge on any atom is -0.477 e. The summed E-state index contributed by atoms with van der Waals surface area (Å²) in [5, 5.41) is 11.1. The maximum absolute atomic E-state index is 12.9. The van der Waals surface area contributed by atoms with E-state index in [9.17, 15) is 24.5 Å². The first kappa shape index (κ1) is 22.7. The van der Waals surface area contributed by atoms with Crippen LogP contribution in [-0.2, 0) is 11.3 Å². The molecule has 11 nitrogen and oxygen atoms in total. The molecule has 2 aromatic rings. The molecule has 0 aliphatic heterocycles. The molecule has 0 fully saturated rings. The van der Waals surface area contributed by atoms with Crippen molar-refractivity contribution in [3.8, 4) is 5.75 Å². The highest BCUT2D eigenvalue weighted by Gasteiger charge is 2.25. The first-order valence-electron chi connectivity index (χ1n) is 9.60. The number of H-pyrrole nitrogens is 1. The zero-order chi connectivity index (χ0) is 22.3. The lowest BCUT2D eigenvalue weighted by Crippen LogP contribution is -2.43. The van der Waals surface area contributed by atoms with Crippen LogP contribution in [0.25, 0.3) is 0 Å². The Morgan fingerprint density at radius 1 is 1.27 bits per heavy atom. The molecule has 0 atom stereocenters. The Hall–Kier alpha value is -3.63. The van der Waals surface area contributed by atoms with Gasteiger partial charge in [0.25, 0.3) is 11.5 Å². The molecule has 0 radical (unpaired) electrons. The van der Waals surface area contributed by atoms with E-state index in [1.54, 1.807) is 6.07 Å². The van der Waals surface area contributed by atoms with E-state index in [0.717, 1.165) is 11.3 Å². The normalized spacial score (nSPS) is 10.6. The van der Waals surface area contributed by atoms with Crippen molar-refractivity contribution in [1.82, 2.24) is 9.55 Å². The predicted octanol–water partition coefficient (Wildman–Crippen LogP) is 1.65. The highest BCUT2D eigenvalue weighted by molar-refractivity contribution is 5.96. The average molecular weight is 419 g/mol. The van der Waals surface area contributed by atoms with Crippen molar-refractivity contribution in [2.45, 2.75) is 39.7 Å². The number of nitrogens with one attached hydrogen (secondary N) is 1. The molecule has 11 heteroatoms. The number of hydrogen-bond acceptors (Lipinski definition) is 7. The molecule has 30 heavy (non-hydrogen) atoms. The topological polar surface area (TPSA) is 154 Å². The van der Waals surface area contributed by atoms with Gasteiger partial charge in [0, 0.05) is 19.2 Å². The van der Waals surface area contributed by atoms with E-state index in [-0.39, 0.29) is 36.0 Å². The monoisotopic (exact) mass is 419 g/mol. The SMILES string of the molecule is CCCCN(C(=O)COc1ccccc1[N+](=O)[O-])c1c(N)n(CCC)c(=O)[nH]c1=O. The highest BCUT2D eigenvalue weighted by atomic mass is 16.6. The van der Waals surface area contributed by atoms with Crippen molar-refractivity contribution in [3.63, 3.8) is 0 Å². The number of unbranched alkanes of at least 4 members (excludes halogenated alkanes) is 1. The standard InChI is InChI=1S/C19H25N5O6/c1-3-5-11-22(16-17(20)23(10-4-2)19(27)21-18(16)26)15(25)12-30-14-9-7-6-8-13(14)24(28)29/h6-9H,3-5,10-12,20H2,1-2H3,(H,21,26,27). The second-order valence-corrected chi connectivity index (χ2v) is 6.56. The Kier molecular flexibility index (Phi) is 7.73. The largest absolute Gasteiger partial charge is 0.477 e. The molecular formula is C19H25N5O6.